The number of nitrogens with one attached hydrogen (secondary N) is 1. The topological polar surface area (TPSA) is 70.6 Å². The lowest BCUT2D eigenvalue weighted by atomic mass is 9.93. The summed E-state index contributed by atoms with van der Waals surface area (Å²) in [6.45, 7) is 5.11. The summed E-state index contributed by atoms with van der Waals surface area (Å²) in [5, 5.41) is 18.2. The Labute approximate surface area is 145 Å². The van der Waals surface area contributed by atoms with Crippen molar-refractivity contribution in [1.82, 2.24) is 30.3 Å². The van der Waals surface area contributed by atoms with Gasteiger partial charge in [0.1, 0.15) is 10.0 Å². The fourth-order valence-corrected chi connectivity index (χ4v) is 3.96. The second-order valence-electron chi connectivity index (χ2n) is 6.21. The van der Waals surface area contributed by atoms with E-state index >= 15 is 0 Å². The van der Waals surface area contributed by atoms with E-state index in [2.05, 4.69) is 36.3 Å². The molecule has 0 bridgehead atoms. The van der Waals surface area contributed by atoms with Crippen molar-refractivity contribution in [1.29, 1.82) is 0 Å². The van der Waals surface area contributed by atoms with Gasteiger partial charge in [-0.3, -0.25) is 15.0 Å². The first-order valence-corrected chi connectivity index (χ1v) is 9.06. The molecule has 0 unspecified atom stereocenters. The number of pyridine rings is 1. The summed E-state index contributed by atoms with van der Waals surface area (Å²) >= 11 is 1.69. The zero-order valence-electron chi connectivity index (χ0n) is 13.6. The van der Waals surface area contributed by atoms with E-state index in [4.69, 9.17) is 0 Å². The lowest BCUT2D eigenvalue weighted by molar-refractivity contribution is 0.202. The maximum Gasteiger partial charge on any atom is 0.131 e. The van der Waals surface area contributed by atoms with Crippen LogP contribution in [0, 0.1) is 6.92 Å². The third-order valence-corrected chi connectivity index (χ3v) is 5.35. The van der Waals surface area contributed by atoms with Crippen molar-refractivity contribution >= 4 is 11.3 Å². The molecule has 124 valence electrons. The van der Waals surface area contributed by atoms with Gasteiger partial charge >= 0.3 is 0 Å². The number of rotatable bonds is 4. The van der Waals surface area contributed by atoms with E-state index in [1.54, 1.807) is 23.7 Å². The van der Waals surface area contributed by atoms with Crippen LogP contribution in [0.25, 0.3) is 11.3 Å². The van der Waals surface area contributed by atoms with Crippen molar-refractivity contribution in [3.8, 4) is 11.3 Å². The Morgan fingerprint density at radius 1 is 1.21 bits per heavy atom. The Bertz CT molecular complexity index is 788. The number of aromatic nitrogens is 5. The minimum absolute atomic E-state index is 0.556. The maximum absolute atomic E-state index is 4.47. The normalized spacial score (nSPS) is 16.5. The Balaban J connectivity index is 1.37. The number of H-pyrrole nitrogens is 1. The Morgan fingerprint density at radius 2 is 2.00 bits per heavy atom. The monoisotopic (exact) mass is 340 g/mol. The Morgan fingerprint density at radius 3 is 2.71 bits per heavy atom. The van der Waals surface area contributed by atoms with Gasteiger partial charge in [-0.2, -0.15) is 5.10 Å². The van der Waals surface area contributed by atoms with E-state index in [0.29, 0.717) is 5.92 Å². The molecule has 24 heavy (non-hydrogen) atoms. The van der Waals surface area contributed by atoms with Gasteiger partial charge in [-0.25, -0.2) is 0 Å². The largest absolute Gasteiger partial charge is 0.297 e. The number of piperidine rings is 1. The third kappa shape index (κ3) is 3.37. The second-order valence-corrected chi connectivity index (χ2v) is 7.48. The third-order valence-electron chi connectivity index (χ3n) is 4.53. The average molecular weight is 340 g/mol. The van der Waals surface area contributed by atoms with Crippen molar-refractivity contribution in [3.63, 3.8) is 0 Å². The zero-order valence-corrected chi connectivity index (χ0v) is 14.5. The molecule has 1 fully saturated rings. The molecule has 0 amide bonds. The summed E-state index contributed by atoms with van der Waals surface area (Å²) < 4.78 is 0. The Hall–Kier alpha value is -2.12. The van der Waals surface area contributed by atoms with Gasteiger partial charge in [0.25, 0.3) is 0 Å². The van der Waals surface area contributed by atoms with E-state index < -0.39 is 0 Å². The molecule has 3 aromatic rings. The molecule has 7 heteroatoms. The van der Waals surface area contributed by atoms with E-state index in [1.807, 2.05) is 19.1 Å². The lowest BCUT2D eigenvalue weighted by Gasteiger charge is -2.30. The van der Waals surface area contributed by atoms with Gasteiger partial charge < -0.3 is 0 Å². The minimum atomic E-state index is 0.556. The highest BCUT2D eigenvalue weighted by Gasteiger charge is 2.23. The van der Waals surface area contributed by atoms with Crippen molar-refractivity contribution in [2.75, 3.05) is 13.1 Å². The van der Waals surface area contributed by atoms with E-state index in [-0.39, 0.29) is 0 Å². The van der Waals surface area contributed by atoms with E-state index in [9.17, 15) is 0 Å². The summed E-state index contributed by atoms with van der Waals surface area (Å²) in [5.74, 6) is 0.556. The maximum atomic E-state index is 4.47. The lowest BCUT2D eigenvalue weighted by Crippen LogP contribution is -2.32. The van der Waals surface area contributed by atoms with Crippen LogP contribution in [-0.4, -0.2) is 43.4 Å². The summed E-state index contributed by atoms with van der Waals surface area (Å²) in [5.41, 5.74) is 3.35. The van der Waals surface area contributed by atoms with Gasteiger partial charge in [-0.05, 0) is 51.1 Å². The minimum Gasteiger partial charge on any atom is -0.297 e. The molecular formula is C17H20N6S. The van der Waals surface area contributed by atoms with Crippen LogP contribution in [0.5, 0.6) is 0 Å². The number of aromatic amines is 1. The van der Waals surface area contributed by atoms with Gasteiger partial charge in [0.05, 0.1) is 12.2 Å². The molecule has 1 saturated heterocycles. The fourth-order valence-electron chi connectivity index (χ4n) is 3.21. The highest BCUT2D eigenvalue weighted by atomic mass is 32.1. The molecule has 1 N–H and O–H groups in total. The molecule has 6 nitrogen and oxygen atoms in total. The quantitative estimate of drug-likeness (QED) is 0.790. The highest BCUT2D eigenvalue weighted by molar-refractivity contribution is 7.11. The molecule has 0 atom stereocenters. The molecule has 4 heterocycles. The predicted octanol–water partition coefficient (Wildman–Crippen LogP) is 3.01. The first-order chi connectivity index (χ1) is 11.8. The predicted molar refractivity (Wildman–Crippen MR) is 93.7 cm³/mol. The van der Waals surface area contributed by atoms with Gasteiger partial charge in [-0.15, -0.1) is 21.5 Å². The van der Waals surface area contributed by atoms with Crippen LogP contribution >= 0.6 is 11.3 Å². The van der Waals surface area contributed by atoms with Crippen molar-refractivity contribution in [3.05, 3.63) is 46.3 Å². The number of hydrogen-bond acceptors (Lipinski definition) is 6. The van der Waals surface area contributed by atoms with Gasteiger partial charge in [0, 0.05) is 29.6 Å². The fraction of sp³-hybridized carbons (Fsp3) is 0.412. The number of aryl methyl sites for hydroxylation is 1. The molecular weight excluding hydrogens is 320 g/mol. The first-order valence-electron chi connectivity index (χ1n) is 8.25. The van der Waals surface area contributed by atoms with E-state index in [1.165, 1.54) is 5.69 Å². The van der Waals surface area contributed by atoms with Crippen LogP contribution in [0.1, 0.15) is 34.5 Å². The van der Waals surface area contributed by atoms with Crippen molar-refractivity contribution in [2.45, 2.75) is 32.2 Å². The summed E-state index contributed by atoms with van der Waals surface area (Å²) in [4.78, 5) is 6.53. The molecule has 0 radical (unpaired) electrons. The van der Waals surface area contributed by atoms with Gasteiger partial charge in [0.2, 0.25) is 0 Å². The number of hydrogen-bond donors (Lipinski definition) is 1. The SMILES string of the molecule is Cc1nnc(CN2CCC(c3cc(-c4ccncc4)n[nH]3)CC2)s1. The first kappa shape index (κ1) is 15.4. The van der Waals surface area contributed by atoms with Crippen LogP contribution in [-0.2, 0) is 6.54 Å². The average Bonchev–Trinajstić information content (AvgIpc) is 3.26. The van der Waals surface area contributed by atoms with Crippen LogP contribution in [0.15, 0.2) is 30.6 Å². The van der Waals surface area contributed by atoms with Crippen LogP contribution in [0.3, 0.4) is 0 Å². The van der Waals surface area contributed by atoms with E-state index in [0.717, 1.165) is 53.7 Å². The van der Waals surface area contributed by atoms with Gasteiger partial charge in [0.15, 0.2) is 0 Å². The molecule has 3 aromatic heterocycles. The highest BCUT2D eigenvalue weighted by Crippen LogP contribution is 2.29. The molecule has 0 saturated carbocycles. The summed E-state index contributed by atoms with van der Waals surface area (Å²) in [7, 11) is 0. The second kappa shape index (κ2) is 6.78. The molecule has 4 rings (SSSR count). The number of nitrogens with zero attached hydrogens (tertiary/aromatic N) is 5. The van der Waals surface area contributed by atoms with Crippen LogP contribution in [0.2, 0.25) is 0 Å². The molecule has 1 aliphatic heterocycles. The molecule has 0 aliphatic carbocycles. The zero-order chi connectivity index (χ0) is 16.4. The smallest absolute Gasteiger partial charge is 0.131 e. The Kier molecular flexibility index (Phi) is 4.36. The molecule has 0 aromatic carbocycles. The van der Waals surface area contributed by atoms with Crippen molar-refractivity contribution < 1.29 is 0 Å². The van der Waals surface area contributed by atoms with Crippen molar-refractivity contribution in [2.24, 2.45) is 0 Å². The molecule has 1 aliphatic rings. The molecule has 0 spiro atoms. The van der Waals surface area contributed by atoms with Crippen LogP contribution < -0.4 is 0 Å². The van der Waals surface area contributed by atoms with Gasteiger partial charge in [-0.1, -0.05) is 0 Å². The summed E-state index contributed by atoms with van der Waals surface area (Å²) in [6.07, 6.45) is 5.90. The van der Waals surface area contributed by atoms with Crippen LogP contribution in [0.4, 0.5) is 0 Å². The number of likely N-dealkylation sites (tertiary alicyclic amines) is 1. The standard InChI is InChI=1S/C17H20N6S/c1-12-19-22-17(24-12)11-23-8-4-14(5-9-23)16-10-15(20-21-16)13-2-6-18-7-3-13/h2-3,6-7,10,14H,4-5,8-9,11H2,1H3,(H,20,21). The summed E-state index contributed by atoms with van der Waals surface area (Å²) in [6, 6.07) is 6.17.